The lowest BCUT2D eigenvalue weighted by Crippen LogP contribution is -2.45. The Kier molecular flexibility index (Phi) is 9.94. The number of alkyl carbamates (subject to hydrolysis) is 1. The second-order valence-electron chi connectivity index (χ2n) is 11.4. The van der Waals surface area contributed by atoms with Gasteiger partial charge in [0.1, 0.15) is 29.5 Å². The first-order valence-corrected chi connectivity index (χ1v) is 15.1. The highest BCUT2D eigenvalue weighted by Gasteiger charge is 2.26. The van der Waals surface area contributed by atoms with Crippen molar-refractivity contribution < 1.29 is 33.0 Å². The number of halogens is 2. The number of esters is 2. The maximum Gasteiger partial charge on any atom is 0.408 e. The fourth-order valence-electron chi connectivity index (χ4n) is 4.42. The summed E-state index contributed by atoms with van der Waals surface area (Å²) in [7, 11) is 0. The third kappa shape index (κ3) is 8.87. The van der Waals surface area contributed by atoms with Crippen LogP contribution in [0.15, 0.2) is 95.4 Å². The Morgan fingerprint density at radius 2 is 1.57 bits per heavy atom. The van der Waals surface area contributed by atoms with E-state index >= 15 is 0 Å². The van der Waals surface area contributed by atoms with Gasteiger partial charge in [-0.2, -0.15) is 0 Å². The Morgan fingerprint density at radius 3 is 2.24 bits per heavy atom. The Morgan fingerprint density at radius 1 is 0.870 bits per heavy atom. The highest BCUT2D eigenvalue weighted by molar-refractivity contribution is 6.35. The minimum Gasteiger partial charge on any atom is -0.459 e. The fourth-order valence-corrected chi connectivity index (χ4v) is 4.95. The van der Waals surface area contributed by atoms with Crippen molar-refractivity contribution in [2.75, 3.05) is 0 Å². The molecule has 1 N–H and O–H groups in total. The van der Waals surface area contributed by atoms with Gasteiger partial charge in [0, 0.05) is 22.0 Å². The van der Waals surface area contributed by atoms with E-state index in [0.717, 1.165) is 5.56 Å². The summed E-state index contributed by atoms with van der Waals surface area (Å²) in [6.45, 7) is 5.24. The zero-order chi connectivity index (χ0) is 32.8. The van der Waals surface area contributed by atoms with Crippen molar-refractivity contribution in [2.45, 2.75) is 45.4 Å². The molecule has 1 unspecified atom stereocenters. The summed E-state index contributed by atoms with van der Waals surface area (Å²) in [5.41, 5.74) is 2.54. The van der Waals surface area contributed by atoms with Gasteiger partial charge < -0.3 is 23.9 Å². The molecule has 236 valence electrons. The summed E-state index contributed by atoms with van der Waals surface area (Å²) in [5, 5.41) is 3.50. The van der Waals surface area contributed by atoms with Crippen LogP contribution in [0.25, 0.3) is 22.6 Å². The minimum absolute atomic E-state index is 0.0528. The van der Waals surface area contributed by atoms with Crippen molar-refractivity contribution in [1.82, 2.24) is 10.3 Å². The molecule has 11 heteroatoms. The number of oxazole rings is 1. The number of carbonyl (C=O) groups is 3. The molecule has 0 spiro atoms. The zero-order valence-electron chi connectivity index (χ0n) is 25.2. The van der Waals surface area contributed by atoms with E-state index in [2.05, 4.69) is 10.3 Å². The minimum atomic E-state index is -1.02. The van der Waals surface area contributed by atoms with E-state index in [4.69, 9.17) is 41.8 Å². The maximum absolute atomic E-state index is 13.0. The first kappa shape index (κ1) is 32.5. The van der Waals surface area contributed by atoms with Crippen LogP contribution in [0.4, 0.5) is 4.79 Å². The van der Waals surface area contributed by atoms with Gasteiger partial charge in [-0.15, -0.1) is 0 Å². The second-order valence-corrected chi connectivity index (χ2v) is 12.3. The molecule has 4 aromatic carbocycles. The van der Waals surface area contributed by atoms with Crippen molar-refractivity contribution in [1.29, 1.82) is 0 Å². The smallest absolute Gasteiger partial charge is 0.408 e. The summed E-state index contributed by atoms with van der Waals surface area (Å²) in [6.07, 6.45) is -0.629. The van der Waals surface area contributed by atoms with Crippen molar-refractivity contribution in [3.63, 3.8) is 0 Å². The average Bonchev–Trinajstić information content (AvgIpc) is 3.43. The van der Waals surface area contributed by atoms with Crippen molar-refractivity contribution >= 4 is 52.3 Å². The predicted octanol–water partition coefficient (Wildman–Crippen LogP) is 8.20. The van der Waals surface area contributed by atoms with Crippen molar-refractivity contribution in [3.05, 3.63) is 118 Å². The molecule has 1 atom stereocenters. The molecule has 1 aromatic heterocycles. The third-order valence-electron chi connectivity index (χ3n) is 6.51. The number of aromatic nitrogens is 1. The van der Waals surface area contributed by atoms with Crippen molar-refractivity contribution in [2.24, 2.45) is 0 Å². The molecule has 0 aliphatic carbocycles. The predicted molar refractivity (Wildman–Crippen MR) is 174 cm³/mol. The summed E-state index contributed by atoms with van der Waals surface area (Å²) >= 11 is 12.2. The molecule has 0 fully saturated rings. The molecule has 0 saturated carbocycles. The highest BCUT2D eigenvalue weighted by atomic mass is 35.5. The summed E-state index contributed by atoms with van der Waals surface area (Å²) in [4.78, 5) is 42.9. The molecule has 0 aliphatic heterocycles. The van der Waals surface area contributed by atoms with Crippen LogP contribution in [-0.4, -0.2) is 34.7 Å². The van der Waals surface area contributed by atoms with Gasteiger partial charge in [-0.3, -0.25) is 0 Å². The van der Waals surface area contributed by atoms with Gasteiger partial charge in [0.05, 0.1) is 5.56 Å². The van der Waals surface area contributed by atoms with E-state index in [1.807, 2.05) is 30.3 Å². The average molecular weight is 662 g/mol. The summed E-state index contributed by atoms with van der Waals surface area (Å²) in [5.74, 6) is -0.630. The third-order valence-corrected chi connectivity index (χ3v) is 6.94. The molecule has 0 bridgehead atoms. The molecule has 9 nitrogen and oxygen atoms in total. The van der Waals surface area contributed by atoms with Crippen LogP contribution in [0.2, 0.25) is 10.0 Å². The lowest BCUT2D eigenvalue weighted by molar-refractivity contribution is -0.147. The van der Waals surface area contributed by atoms with E-state index in [1.54, 1.807) is 81.4 Å². The van der Waals surface area contributed by atoms with Crippen LogP contribution < -0.4 is 10.1 Å². The molecule has 46 heavy (non-hydrogen) atoms. The number of rotatable bonds is 9. The molecule has 0 saturated heterocycles. The van der Waals surface area contributed by atoms with Crippen molar-refractivity contribution in [3.8, 4) is 17.2 Å². The van der Waals surface area contributed by atoms with E-state index in [-0.39, 0.29) is 24.3 Å². The van der Waals surface area contributed by atoms with E-state index < -0.39 is 29.7 Å². The van der Waals surface area contributed by atoms with E-state index in [9.17, 15) is 14.4 Å². The number of nitrogens with one attached hydrogen (secondary N) is 1. The molecule has 1 heterocycles. The highest BCUT2D eigenvalue weighted by Crippen LogP contribution is 2.30. The first-order valence-electron chi connectivity index (χ1n) is 14.3. The van der Waals surface area contributed by atoms with Gasteiger partial charge in [-0.25, -0.2) is 19.4 Å². The molecule has 5 rings (SSSR count). The lowest BCUT2D eigenvalue weighted by atomic mass is 10.1. The summed E-state index contributed by atoms with van der Waals surface area (Å²) in [6, 6.07) is 24.5. The van der Waals surface area contributed by atoms with Crippen LogP contribution >= 0.6 is 23.2 Å². The normalized spacial score (nSPS) is 11.9. The second kappa shape index (κ2) is 14.1. The van der Waals surface area contributed by atoms with E-state index in [1.165, 1.54) is 0 Å². The van der Waals surface area contributed by atoms with Crippen LogP contribution in [-0.2, 0) is 27.3 Å². The molecule has 5 aromatic rings. The zero-order valence-corrected chi connectivity index (χ0v) is 26.7. The molecular formula is C35H30Cl2N2O7. The Balaban J connectivity index is 1.25. The van der Waals surface area contributed by atoms with Gasteiger partial charge in [0.2, 0.25) is 5.89 Å². The largest absolute Gasteiger partial charge is 0.459 e. The quantitative estimate of drug-likeness (QED) is 0.124. The Bertz CT molecular complexity index is 1850. The van der Waals surface area contributed by atoms with Gasteiger partial charge in [0.15, 0.2) is 5.58 Å². The number of ether oxygens (including phenoxy) is 3. The Labute approximate surface area is 275 Å². The van der Waals surface area contributed by atoms with E-state index in [0.29, 0.717) is 38.2 Å². The van der Waals surface area contributed by atoms with Crippen LogP contribution in [0.5, 0.6) is 5.75 Å². The first-order chi connectivity index (χ1) is 21.9. The number of carbonyl (C=O) groups excluding carboxylic acids is 3. The van der Waals surface area contributed by atoms with Gasteiger partial charge in [-0.05, 0) is 80.4 Å². The van der Waals surface area contributed by atoms with Crippen LogP contribution in [0.3, 0.4) is 0 Å². The van der Waals surface area contributed by atoms with Gasteiger partial charge in [-0.1, -0.05) is 65.7 Å². The molecular weight excluding hydrogens is 631 g/mol. The lowest BCUT2D eigenvalue weighted by Gasteiger charge is -2.23. The molecule has 1 amide bonds. The monoisotopic (exact) mass is 660 g/mol. The number of benzene rings is 4. The van der Waals surface area contributed by atoms with Gasteiger partial charge in [0.25, 0.3) is 0 Å². The number of hydrogen-bond donors (Lipinski definition) is 1. The van der Waals surface area contributed by atoms with Crippen LogP contribution in [0, 0.1) is 0 Å². The van der Waals surface area contributed by atoms with Crippen LogP contribution in [0.1, 0.15) is 42.3 Å². The fraction of sp³-hybridized carbons (Fsp3) is 0.200. The summed E-state index contributed by atoms with van der Waals surface area (Å²) < 4.78 is 22.3. The standard InChI is InChI=1S/C35H30Cl2N2O7/c1-35(2,3)46-34(42)39-29(33(41)43-20-22-7-5-4-6-8-22)15-21-9-12-27(13-10-21)44-32(40)23-11-14-28-30(18-23)45-31(38-28)24-16-25(36)19-26(37)17-24/h4-14,16-19,29H,15,20H2,1-3H3,(H,39,42). The van der Waals surface area contributed by atoms with Gasteiger partial charge >= 0.3 is 18.0 Å². The maximum atomic E-state index is 13.0. The molecule has 0 radical (unpaired) electrons. The number of nitrogens with zero attached hydrogens (tertiary/aromatic N) is 1. The number of hydrogen-bond acceptors (Lipinski definition) is 8. The number of amides is 1. The SMILES string of the molecule is CC(C)(C)OC(=O)NC(Cc1ccc(OC(=O)c2ccc3nc(-c4cc(Cl)cc(Cl)c4)oc3c2)cc1)C(=O)OCc1ccccc1. The Hall–Kier alpha value is -4.86. The number of fused-ring (bicyclic) bond motifs is 1. The molecule has 0 aliphatic rings. The topological polar surface area (TPSA) is 117 Å².